The lowest BCUT2D eigenvalue weighted by Gasteiger charge is -2.30. The van der Waals surface area contributed by atoms with E-state index in [0.29, 0.717) is 41.7 Å². The summed E-state index contributed by atoms with van der Waals surface area (Å²) in [5.74, 6) is 0.880. The molecule has 0 N–H and O–H groups in total. The molecule has 5 rings (SSSR count). The highest BCUT2D eigenvalue weighted by Crippen LogP contribution is 2.44. The molecular weight excluding hydrogens is 417 g/mol. The number of carbonyl (C=O) groups is 1. The lowest BCUT2D eigenvalue weighted by atomic mass is 9.98. The van der Waals surface area contributed by atoms with Gasteiger partial charge >= 0.3 is 0 Å². The molecule has 6 heteroatoms. The van der Waals surface area contributed by atoms with Crippen molar-refractivity contribution in [1.82, 2.24) is 4.90 Å². The van der Waals surface area contributed by atoms with Crippen molar-refractivity contribution in [2.75, 3.05) is 6.73 Å². The molecule has 4 nitrogen and oxygen atoms in total. The van der Waals surface area contributed by atoms with Gasteiger partial charge in [0.15, 0.2) is 5.76 Å². The van der Waals surface area contributed by atoms with Crippen LogP contribution in [0.5, 0.6) is 11.5 Å². The first-order valence-corrected chi connectivity index (χ1v) is 10.3. The highest BCUT2D eigenvalue weighted by molar-refractivity contribution is 6.30. The third-order valence-corrected chi connectivity index (χ3v) is 5.71. The molecule has 2 aliphatic rings. The van der Waals surface area contributed by atoms with Gasteiger partial charge in [-0.2, -0.15) is 0 Å². The zero-order valence-electron chi connectivity index (χ0n) is 16.8. The number of carbonyl (C=O) groups excluding carboxylic acids is 1. The van der Waals surface area contributed by atoms with Crippen LogP contribution < -0.4 is 9.47 Å². The maximum atomic E-state index is 13.6. The Balaban J connectivity index is 1.46. The van der Waals surface area contributed by atoms with E-state index in [-0.39, 0.29) is 17.4 Å². The van der Waals surface area contributed by atoms with Crippen LogP contribution in [-0.4, -0.2) is 17.4 Å². The fourth-order valence-corrected chi connectivity index (χ4v) is 4.10. The van der Waals surface area contributed by atoms with Crippen LogP contribution in [0.2, 0.25) is 5.02 Å². The van der Waals surface area contributed by atoms with E-state index in [2.05, 4.69) is 4.90 Å². The van der Waals surface area contributed by atoms with Crippen molar-refractivity contribution in [3.05, 3.63) is 99.0 Å². The van der Waals surface area contributed by atoms with E-state index in [1.54, 1.807) is 18.2 Å². The van der Waals surface area contributed by atoms with Crippen LogP contribution in [0.25, 0.3) is 6.08 Å². The predicted molar refractivity (Wildman–Crippen MR) is 117 cm³/mol. The molecule has 0 amide bonds. The largest absolute Gasteiger partial charge is 0.478 e. The first-order valence-electron chi connectivity index (χ1n) is 9.94. The Hall–Kier alpha value is -3.15. The van der Waals surface area contributed by atoms with E-state index in [1.165, 1.54) is 12.1 Å². The number of nitrogens with zero attached hydrogens (tertiary/aromatic N) is 1. The topological polar surface area (TPSA) is 38.8 Å². The van der Waals surface area contributed by atoms with Crippen molar-refractivity contribution >= 4 is 23.5 Å². The normalized spacial score (nSPS) is 16.6. The second-order valence-corrected chi connectivity index (χ2v) is 8.19. The second-order valence-electron chi connectivity index (χ2n) is 7.76. The molecule has 3 aromatic carbocycles. The molecule has 156 valence electrons. The fourth-order valence-electron chi connectivity index (χ4n) is 3.97. The van der Waals surface area contributed by atoms with Gasteiger partial charge in [0.05, 0.1) is 11.1 Å². The van der Waals surface area contributed by atoms with Gasteiger partial charge in [0.25, 0.3) is 0 Å². The van der Waals surface area contributed by atoms with Crippen LogP contribution in [-0.2, 0) is 13.1 Å². The third-order valence-electron chi connectivity index (χ3n) is 5.45. The van der Waals surface area contributed by atoms with Crippen molar-refractivity contribution in [2.24, 2.45) is 0 Å². The van der Waals surface area contributed by atoms with Crippen molar-refractivity contribution in [3.63, 3.8) is 0 Å². The molecule has 0 saturated heterocycles. The number of allylic oxidation sites excluding steroid dienone is 1. The van der Waals surface area contributed by atoms with E-state index in [0.717, 1.165) is 22.4 Å². The van der Waals surface area contributed by atoms with Gasteiger partial charge in [-0.25, -0.2) is 4.39 Å². The zero-order chi connectivity index (χ0) is 21.5. The minimum absolute atomic E-state index is 0.187. The van der Waals surface area contributed by atoms with Gasteiger partial charge in [0, 0.05) is 18.1 Å². The van der Waals surface area contributed by atoms with Crippen LogP contribution in [0.15, 0.2) is 60.4 Å². The maximum absolute atomic E-state index is 13.6. The number of ketones is 1. The summed E-state index contributed by atoms with van der Waals surface area (Å²) in [6.45, 7) is 3.57. The smallest absolute Gasteiger partial charge is 0.232 e. The van der Waals surface area contributed by atoms with Crippen LogP contribution in [0.4, 0.5) is 4.39 Å². The number of rotatable bonds is 3. The first kappa shape index (κ1) is 19.8. The molecule has 0 aliphatic carbocycles. The van der Waals surface area contributed by atoms with Gasteiger partial charge in [0.2, 0.25) is 5.78 Å². The summed E-state index contributed by atoms with van der Waals surface area (Å²) in [6.07, 6.45) is 1.58. The molecular formula is C25H19ClFNO3. The molecule has 2 aliphatic heterocycles. The lowest BCUT2D eigenvalue weighted by Crippen LogP contribution is -2.31. The standard InChI is InChI=1S/C25H19ClFNO3/c1-15-9-21-20(13-28(14-30-21)12-16-5-7-18(26)8-6-16)25-23(15)24(29)22(31-25)11-17-3-2-4-19(27)10-17/h2-11H,12-14H2,1H3/b22-11-. The number of hydrogen-bond acceptors (Lipinski definition) is 4. The van der Waals surface area contributed by atoms with E-state index >= 15 is 0 Å². The molecule has 31 heavy (non-hydrogen) atoms. The van der Waals surface area contributed by atoms with Crippen molar-refractivity contribution in [3.8, 4) is 11.5 Å². The third kappa shape index (κ3) is 3.82. The molecule has 0 radical (unpaired) electrons. The first-order chi connectivity index (χ1) is 15.0. The maximum Gasteiger partial charge on any atom is 0.232 e. The molecule has 3 aromatic rings. The molecule has 0 unspecified atom stereocenters. The summed E-state index contributed by atoms with van der Waals surface area (Å²) < 4.78 is 25.6. The van der Waals surface area contributed by atoms with Gasteiger partial charge in [0.1, 0.15) is 24.0 Å². The molecule has 0 atom stereocenters. The van der Waals surface area contributed by atoms with E-state index < -0.39 is 0 Å². The van der Waals surface area contributed by atoms with Crippen LogP contribution >= 0.6 is 11.6 Å². The summed E-state index contributed by atoms with van der Waals surface area (Å²) in [5, 5.41) is 0.696. The number of fused-ring (bicyclic) bond motifs is 3. The lowest BCUT2D eigenvalue weighted by molar-refractivity contribution is 0.0872. The molecule has 0 spiro atoms. The second kappa shape index (κ2) is 7.84. The highest BCUT2D eigenvalue weighted by Gasteiger charge is 2.35. The number of hydrogen-bond donors (Lipinski definition) is 0. The summed E-state index contributed by atoms with van der Waals surface area (Å²) in [4.78, 5) is 15.2. The van der Waals surface area contributed by atoms with Gasteiger partial charge < -0.3 is 9.47 Å². The van der Waals surface area contributed by atoms with Crippen LogP contribution in [0, 0.1) is 12.7 Å². The number of aryl methyl sites for hydroxylation is 1. The summed E-state index contributed by atoms with van der Waals surface area (Å²) >= 11 is 5.98. The van der Waals surface area contributed by atoms with E-state index in [1.807, 2.05) is 37.3 Å². The SMILES string of the molecule is Cc1cc2c(c3c1C(=O)/C(=C/c1cccc(F)c1)O3)CN(Cc1ccc(Cl)cc1)CO2. The van der Waals surface area contributed by atoms with Gasteiger partial charge in [-0.3, -0.25) is 9.69 Å². The molecule has 0 aromatic heterocycles. The molecule has 2 heterocycles. The Kier molecular flexibility index (Phi) is 5.00. The average molecular weight is 436 g/mol. The Bertz CT molecular complexity index is 1220. The Morgan fingerprint density at radius 3 is 2.74 bits per heavy atom. The van der Waals surface area contributed by atoms with Crippen LogP contribution in [0.3, 0.4) is 0 Å². The van der Waals surface area contributed by atoms with E-state index in [4.69, 9.17) is 21.1 Å². The van der Waals surface area contributed by atoms with Gasteiger partial charge in [-0.15, -0.1) is 0 Å². The Morgan fingerprint density at radius 2 is 1.97 bits per heavy atom. The minimum atomic E-state index is -0.364. The summed E-state index contributed by atoms with van der Waals surface area (Å²) in [7, 11) is 0. The number of benzene rings is 3. The van der Waals surface area contributed by atoms with Crippen molar-refractivity contribution in [2.45, 2.75) is 20.0 Å². The van der Waals surface area contributed by atoms with E-state index in [9.17, 15) is 9.18 Å². The van der Waals surface area contributed by atoms with Crippen molar-refractivity contribution in [1.29, 1.82) is 0 Å². The summed E-state index contributed by atoms with van der Waals surface area (Å²) in [6, 6.07) is 15.6. The quantitative estimate of drug-likeness (QED) is 0.490. The number of Topliss-reactive ketones (excluding diaryl/α,β-unsaturated/α-hetero) is 1. The Morgan fingerprint density at radius 1 is 1.16 bits per heavy atom. The minimum Gasteiger partial charge on any atom is -0.478 e. The average Bonchev–Trinajstić information content (AvgIpc) is 3.07. The van der Waals surface area contributed by atoms with Gasteiger partial charge in [-0.1, -0.05) is 35.9 Å². The summed E-state index contributed by atoms with van der Waals surface area (Å²) in [5.41, 5.74) is 3.87. The number of ether oxygens (including phenoxy) is 2. The number of halogens is 2. The molecule has 0 bridgehead atoms. The molecule has 0 saturated carbocycles. The van der Waals surface area contributed by atoms with Crippen molar-refractivity contribution < 1.29 is 18.7 Å². The van der Waals surface area contributed by atoms with Gasteiger partial charge in [-0.05, 0) is 60.0 Å². The van der Waals surface area contributed by atoms with Crippen LogP contribution in [0.1, 0.15) is 32.6 Å². The Labute approximate surface area is 184 Å². The monoisotopic (exact) mass is 435 g/mol. The molecule has 0 fully saturated rings. The zero-order valence-corrected chi connectivity index (χ0v) is 17.6. The predicted octanol–water partition coefficient (Wildman–Crippen LogP) is 5.76. The fraction of sp³-hybridized carbons (Fsp3) is 0.160. The highest BCUT2D eigenvalue weighted by atomic mass is 35.5.